The van der Waals surface area contributed by atoms with Crippen LogP contribution in [0.25, 0.3) is 6.08 Å². The minimum Gasteiger partial charge on any atom is -0.490 e. The number of carbonyl (C=O) groups excluding carboxylic acids is 2. The summed E-state index contributed by atoms with van der Waals surface area (Å²) in [6, 6.07) is 13.3. The van der Waals surface area contributed by atoms with Crippen molar-refractivity contribution in [2.75, 3.05) is 19.8 Å². The molecule has 1 heterocycles. The molecule has 2 aromatic rings. The number of rotatable bonds is 9. The van der Waals surface area contributed by atoms with E-state index in [-0.39, 0.29) is 12.5 Å². The summed E-state index contributed by atoms with van der Waals surface area (Å²) in [6.45, 7) is 6.77. The minimum absolute atomic E-state index is 0.0783. The van der Waals surface area contributed by atoms with Gasteiger partial charge in [0.05, 0.1) is 20.8 Å². The van der Waals surface area contributed by atoms with Crippen LogP contribution in [0.4, 0.5) is 5.69 Å². The number of nitrogens with zero attached hydrogens (tertiary/aromatic N) is 2. The van der Waals surface area contributed by atoms with E-state index in [1.165, 1.54) is 11.8 Å². The van der Waals surface area contributed by atoms with Crippen molar-refractivity contribution in [3.05, 3.63) is 56.5 Å². The first-order chi connectivity index (χ1) is 15.8. The molecule has 0 atom stereocenters. The van der Waals surface area contributed by atoms with E-state index in [9.17, 15) is 9.59 Å². The fourth-order valence-corrected chi connectivity index (χ4v) is 4.89. The van der Waals surface area contributed by atoms with Crippen molar-refractivity contribution < 1.29 is 19.1 Å². The normalized spacial score (nSPS) is 16.2. The Labute approximate surface area is 211 Å². The zero-order valence-electron chi connectivity index (χ0n) is 18.7. The molecule has 0 radical (unpaired) electrons. The molecule has 0 unspecified atom stereocenters. The lowest BCUT2D eigenvalue weighted by Crippen LogP contribution is -2.32. The fourth-order valence-electron chi connectivity index (χ4n) is 3.10. The van der Waals surface area contributed by atoms with Gasteiger partial charge in [0.2, 0.25) is 0 Å². The highest BCUT2D eigenvalue weighted by Crippen LogP contribution is 2.38. The van der Waals surface area contributed by atoms with Crippen LogP contribution in [0.15, 0.2) is 52.4 Å². The third-order valence-electron chi connectivity index (χ3n) is 4.40. The van der Waals surface area contributed by atoms with Crippen LogP contribution in [0.2, 0.25) is 0 Å². The van der Waals surface area contributed by atoms with E-state index in [1.54, 1.807) is 11.0 Å². The molecule has 7 nitrogen and oxygen atoms in total. The van der Waals surface area contributed by atoms with Crippen LogP contribution in [0.3, 0.4) is 0 Å². The first-order valence-electron chi connectivity index (χ1n) is 10.5. The summed E-state index contributed by atoms with van der Waals surface area (Å²) < 4.78 is 12.0. The second kappa shape index (κ2) is 11.6. The number of halogens is 1. The van der Waals surface area contributed by atoms with Crippen LogP contribution in [-0.2, 0) is 9.59 Å². The molecule has 1 aliphatic rings. The molecule has 2 amide bonds. The monoisotopic (exact) mass is 579 g/mol. The largest absolute Gasteiger partial charge is 0.490 e. The van der Waals surface area contributed by atoms with Crippen LogP contribution in [0.1, 0.15) is 26.3 Å². The Morgan fingerprint density at radius 1 is 1.24 bits per heavy atom. The number of ether oxygens (including phenoxy) is 2. The molecular weight excluding hydrogens is 553 g/mol. The number of amidine groups is 1. The van der Waals surface area contributed by atoms with Gasteiger partial charge in [-0.2, -0.15) is 0 Å². The van der Waals surface area contributed by atoms with Gasteiger partial charge in [0.1, 0.15) is 0 Å². The predicted octanol–water partition coefficient (Wildman–Crippen LogP) is 4.81. The maximum Gasteiger partial charge on any atom is 0.266 e. The van der Waals surface area contributed by atoms with E-state index < -0.39 is 5.91 Å². The molecule has 2 N–H and O–H groups in total. The SMILES string of the molecule is CCOc1cc(C=C2SC(=Nc3ccccc3)N(CC(C)C)C2=O)cc(I)c1OCC(N)=O. The summed E-state index contributed by atoms with van der Waals surface area (Å²) >= 11 is 3.47. The van der Waals surface area contributed by atoms with Crippen LogP contribution >= 0.6 is 34.4 Å². The molecule has 0 bridgehead atoms. The molecule has 33 heavy (non-hydrogen) atoms. The summed E-state index contributed by atoms with van der Waals surface area (Å²) in [5.41, 5.74) is 6.80. The van der Waals surface area contributed by atoms with Crippen LogP contribution < -0.4 is 15.2 Å². The van der Waals surface area contributed by atoms with Gasteiger partial charge in [0.25, 0.3) is 11.8 Å². The second-order valence-corrected chi connectivity index (χ2v) is 9.84. The Hall–Kier alpha value is -2.53. The van der Waals surface area contributed by atoms with Crippen molar-refractivity contribution in [1.82, 2.24) is 4.90 Å². The number of benzene rings is 2. The fraction of sp³-hybridized carbons (Fsp3) is 0.292. The van der Waals surface area contributed by atoms with Gasteiger partial charge in [0, 0.05) is 6.54 Å². The van der Waals surface area contributed by atoms with Gasteiger partial charge >= 0.3 is 0 Å². The standard InChI is InChI=1S/C24H26IN3O4S/c1-4-31-19-11-16(10-18(25)22(19)32-14-21(26)29)12-20-23(30)28(13-15(2)3)24(33-20)27-17-8-6-5-7-9-17/h5-12,15H,4,13-14H2,1-3H3,(H2,26,29). The van der Waals surface area contributed by atoms with E-state index in [0.717, 1.165) is 14.8 Å². The van der Waals surface area contributed by atoms with Gasteiger partial charge in [-0.25, -0.2) is 4.99 Å². The lowest BCUT2D eigenvalue weighted by molar-refractivity contribution is -0.122. The highest BCUT2D eigenvalue weighted by atomic mass is 127. The third-order valence-corrected chi connectivity index (χ3v) is 6.21. The number of hydrogen-bond donors (Lipinski definition) is 1. The van der Waals surface area contributed by atoms with E-state index >= 15 is 0 Å². The summed E-state index contributed by atoms with van der Waals surface area (Å²) in [5.74, 6) is 0.595. The Bertz CT molecular complexity index is 1090. The highest BCUT2D eigenvalue weighted by molar-refractivity contribution is 14.1. The molecular formula is C24H26IN3O4S. The highest BCUT2D eigenvalue weighted by Gasteiger charge is 2.33. The third kappa shape index (κ3) is 6.73. The summed E-state index contributed by atoms with van der Waals surface area (Å²) in [4.78, 5) is 31.4. The lowest BCUT2D eigenvalue weighted by atomic mass is 10.1. The average molecular weight is 579 g/mol. The van der Waals surface area contributed by atoms with Crippen molar-refractivity contribution >= 4 is 63.1 Å². The van der Waals surface area contributed by atoms with E-state index in [4.69, 9.17) is 20.2 Å². The Morgan fingerprint density at radius 2 is 1.97 bits per heavy atom. The zero-order chi connectivity index (χ0) is 24.0. The number of para-hydroxylation sites is 1. The summed E-state index contributed by atoms with van der Waals surface area (Å²) in [7, 11) is 0. The predicted molar refractivity (Wildman–Crippen MR) is 141 cm³/mol. The first kappa shape index (κ1) is 25.1. The molecule has 0 aromatic heterocycles. The molecule has 0 saturated carbocycles. The van der Waals surface area contributed by atoms with Gasteiger partial charge < -0.3 is 15.2 Å². The molecule has 1 fully saturated rings. The topological polar surface area (TPSA) is 94.2 Å². The van der Waals surface area contributed by atoms with Crippen molar-refractivity contribution in [3.8, 4) is 11.5 Å². The minimum atomic E-state index is -0.567. The summed E-state index contributed by atoms with van der Waals surface area (Å²) in [5, 5.41) is 0.660. The number of thioether (sulfide) groups is 1. The van der Waals surface area contributed by atoms with Gasteiger partial charge in [-0.3, -0.25) is 14.5 Å². The van der Waals surface area contributed by atoms with Gasteiger partial charge in [-0.05, 0) is 83.1 Å². The number of hydrogen-bond acceptors (Lipinski definition) is 6. The van der Waals surface area contributed by atoms with E-state index in [1.807, 2.05) is 49.4 Å². The molecule has 0 spiro atoms. The van der Waals surface area contributed by atoms with Crippen molar-refractivity contribution in [2.45, 2.75) is 20.8 Å². The molecule has 1 aliphatic heterocycles. The average Bonchev–Trinajstić information content (AvgIpc) is 3.02. The molecule has 1 saturated heterocycles. The number of carbonyl (C=O) groups is 2. The number of primary amides is 1. The number of aliphatic imine (C=N–C) groups is 1. The van der Waals surface area contributed by atoms with Crippen LogP contribution in [0.5, 0.6) is 11.5 Å². The quantitative estimate of drug-likeness (QED) is 0.340. The Morgan fingerprint density at radius 3 is 2.61 bits per heavy atom. The van der Waals surface area contributed by atoms with E-state index in [0.29, 0.717) is 40.6 Å². The molecule has 174 valence electrons. The molecule has 2 aromatic carbocycles. The lowest BCUT2D eigenvalue weighted by Gasteiger charge is -2.17. The zero-order valence-corrected chi connectivity index (χ0v) is 21.7. The summed E-state index contributed by atoms with van der Waals surface area (Å²) in [6.07, 6.45) is 1.83. The van der Waals surface area contributed by atoms with Crippen molar-refractivity contribution in [2.24, 2.45) is 16.6 Å². The van der Waals surface area contributed by atoms with Gasteiger partial charge in [-0.1, -0.05) is 32.0 Å². The van der Waals surface area contributed by atoms with Gasteiger partial charge in [-0.15, -0.1) is 0 Å². The second-order valence-electron chi connectivity index (χ2n) is 7.67. The molecule has 9 heteroatoms. The Kier molecular flexibility index (Phi) is 8.79. The maximum absolute atomic E-state index is 13.2. The smallest absolute Gasteiger partial charge is 0.266 e. The maximum atomic E-state index is 13.2. The van der Waals surface area contributed by atoms with E-state index in [2.05, 4.69) is 36.4 Å². The molecule has 0 aliphatic carbocycles. The molecule has 3 rings (SSSR count). The number of nitrogens with two attached hydrogens (primary N) is 1. The van der Waals surface area contributed by atoms with Crippen LogP contribution in [0, 0.1) is 9.49 Å². The first-order valence-corrected chi connectivity index (χ1v) is 12.4. The van der Waals surface area contributed by atoms with Gasteiger partial charge in [0.15, 0.2) is 23.3 Å². The Balaban J connectivity index is 1.96. The number of amides is 2. The van der Waals surface area contributed by atoms with Crippen molar-refractivity contribution in [3.63, 3.8) is 0 Å². The van der Waals surface area contributed by atoms with Crippen molar-refractivity contribution in [1.29, 1.82) is 0 Å². The van der Waals surface area contributed by atoms with Crippen LogP contribution in [-0.4, -0.2) is 41.6 Å².